The van der Waals surface area contributed by atoms with E-state index in [9.17, 15) is 4.79 Å². The smallest absolute Gasteiger partial charge is 0.255 e. The van der Waals surface area contributed by atoms with Crippen LogP contribution in [0.25, 0.3) is 0 Å². The standard InChI is InChI=1S/C15H10BrClN2O/c1-9-6-10(3-5-13(9)17)15(20)19-14-7-12(16)4-2-11(14)8-18/h2-7H,1H3,(H,19,20). The topological polar surface area (TPSA) is 52.9 Å². The Morgan fingerprint density at radius 3 is 2.70 bits per heavy atom. The minimum atomic E-state index is -0.278. The predicted molar refractivity (Wildman–Crippen MR) is 83.0 cm³/mol. The lowest BCUT2D eigenvalue weighted by molar-refractivity contribution is 0.102. The highest BCUT2D eigenvalue weighted by molar-refractivity contribution is 9.10. The number of halogens is 2. The van der Waals surface area contributed by atoms with E-state index in [4.69, 9.17) is 16.9 Å². The van der Waals surface area contributed by atoms with E-state index >= 15 is 0 Å². The Bertz CT molecular complexity index is 722. The van der Waals surface area contributed by atoms with E-state index in [0.717, 1.165) is 10.0 Å². The summed E-state index contributed by atoms with van der Waals surface area (Å²) in [6.07, 6.45) is 0. The van der Waals surface area contributed by atoms with Crippen LogP contribution in [0.1, 0.15) is 21.5 Å². The number of aryl methyl sites for hydroxylation is 1. The van der Waals surface area contributed by atoms with Gasteiger partial charge in [0.2, 0.25) is 0 Å². The molecule has 3 nitrogen and oxygen atoms in total. The summed E-state index contributed by atoms with van der Waals surface area (Å²) in [7, 11) is 0. The Labute approximate surface area is 130 Å². The van der Waals surface area contributed by atoms with E-state index in [-0.39, 0.29) is 5.91 Å². The molecular formula is C15H10BrClN2O. The summed E-state index contributed by atoms with van der Waals surface area (Å²) < 4.78 is 0.791. The number of carbonyl (C=O) groups excluding carboxylic acids is 1. The maximum Gasteiger partial charge on any atom is 0.255 e. The zero-order valence-electron chi connectivity index (χ0n) is 10.6. The molecule has 1 amide bonds. The van der Waals surface area contributed by atoms with Gasteiger partial charge in [-0.3, -0.25) is 4.79 Å². The molecule has 0 bridgehead atoms. The van der Waals surface area contributed by atoms with Crippen LogP contribution in [0, 0.1) is 18.3 Å². The van der Waals surface area contributed by atoms with Crippen molar-refractivity contribution in [3.8, 4) is 6.07 Å². The number of nitrogens with one attached hydrogen (secondary N) is 1. The van der Waals surface area contributed by atoms with Crippen LogP contribution in [0.3, 0.4) is 0 Å². The van der Waals surface area contributed by atoms with Crippen LogP contribution >= 0.6 is 27.5 Å². The number of amides is 1. The molecule has 0 fully saturated rings. The molecule has 2 aromatic carbocycles. The Balaban J connectivity index is 2.30. The maximum atomic E-state index is 12.2. The second kappa shape index (κ2) is 6.08. The number of carbonyl (C=O) groups is 1. The molecule has 0 unspecified atom stereocenters. The molecule has 0 aliphatic rings. The van der Waals surface area contributed by atoms with Crippen molar-refractivity contribution in [1.82, 2.24) is 0 Å². The largest absolute Gasteiger partial charge is 0.321 e. The van der Waals surface area contributed by atoms with Gasteiger partial charge in [-0.15, -0.1) is 0 Å². The van der Waals surface area contributed by atoms with E-state index in [1.54, 1.807) is 36.4 Å². The van der Waals surface area contributed by atoms with Crippen molar-refractivity contribution in [3.05, 3.63) is 62.6 Å². The van der Waals surface area contributed by atoms with E-state index in [2.05, 4.69) is 21.2 Å². The van der Waals surface area contributed by atoms with Gasteiger partial charge in [0.15, 0.2) is 0 Å². The highest BCUT2D eigenvalue weighted by Gasteiger charge is 2.10. The average molecular weight is 350 g/mol. The first-order valence-electron chi connectivity index (χ1n) is 5.78. The Morgan fingerprint density at radius 2 is 2.05 bits per heavy atom. The summed E-state index contributed by atoms with van der Waals surface area (Å²) in [5.74, 6) is -0.278. The third kappa shape index (κ3) is 3.19. The highest BCUT2D eigenvalue weighted by atomic mass is 79.9. The van der Waals surface area contributed by atoms with Crippen molar-refractivity contribution in [3.63, 3.8) is 0 Å². The van der Waals surface area contributed by atoms with Crippen LogP contribution < -0.4 is 5.32 Å². The zero-order chi connectivity index (χ0) is 14.7. The minimum absolute atomic E-state index is 0.278. The average Bonchev–Trinajstić information content (AvgIpc) is 2.42. The fraction of sp³-hybridized carbons (Fsp3) is 0.0667. The van der Waals surface area contributed by atoms with Crippen molar-refractivity contribution in [1.29, 1.82) is 5.26 Å². The van der Waals surface area contributed by atoms with Crippen molar-refractivity contribution in [2.24, 2.45) is 0 Å². The predicted octanol–water partition coefficient (Wildman–Crippen LogP) is 4.53. The molecule has 2 rings (SSSR count). The fourth-order valence-electron chi connectivity index (χ4n) is 1.70. The summed E-state index contributed by atoms with van der Waals surface area (Å²) in [6, 6.07) is 12.2. The van der Waals surface area contributed by atoms with Crippen molar-refractivity contribution < 1.29 is 4.79 Å². The van der Waals surface area contributed by atoms with Gasteiger partial charge in [0.1, 0.15) is 6.07 Å². The Morgan fingerprint density at radius 1 is 1.30 bits per heavy atom. The first-order valence-corrected chi connectivity index (χ1v) is 6.95. The maximum absolute atomic E-state index is 12.2. The molecule has 1 N–H and O–H groups in total. The summed E-state index contributed by atoms with van der Waals surface area (Å²) in [4.78, 5) is 12.2. The number of benzene rings is 2. The van der Waals surface area contributed by atoms with Gasteiger partial charge in [0, 0.05) is 15.1 Å². The zero-order valence-corrected chi connectivity index (χ0v) is 12.9. The molecule has 0 saturated carbocycles. The molecule has 100 valence electrons. The molecule has 0 radical (unpaired) electrons. The quantitative estimate of drug-likeness (QED) is 0.865. The van der Waals surface area contributed by atoms with Gasteiger partial charge >= 0.3 is 0 Å². The molecule has 0 aliphatic carbocycles. The molecule has 0 atom stereocenters. The second-order valence-corrected chi connectivity index (χ2v) is 5.54. The second-order valence-electron chi connectivity index (χ2n) is 4.22. The SMILES string of the molecule is Cc1cc(C(=O)Nc2cc(Br)ccc2C#N)ccc1Cl. The third-order valence-electron chi connectivity index (χ3n) is 2.77. The molecule has 0 heterocycles. The number of hydrogen-bond donors (Lipinski definition) is 1. The van der Waals surface area contributed by atoms with E-state index < -0.39 is 0 Å². The molecule has 0 aliphatic heterocycles. The van der Waals surface area contributed by atoms with Gasteiger partial charge in [0.25, 0.3) is 5.91 Å². The Kier molecular flexibility index (Phi) is 4.43. The molecule has 0 aromatic heterocycles. The van der Waals surface area contributed by atoms with Crippen LogP contribution in [-0.4, -0.2) is 5.91 Å². The van der Waals surface area contributed by atoms with Crippen LogP contribution in [-0.2, 0) is 0 Å². The van der Waals surface area contributed by atoms with E-state index in [1.165, 1.54) is 0 Å². The van der Waals surface area contributed by atoms with Gasteiger partial charge in [-0.1, -0.05) is 27.5 Å². The molecule has 0 saturated heterocycles. The van der Waals surface area contributed by atoms with Gasteiger partial charge < -0.3 is 5.32 Å². The van der Waals surface area contributed by atoms with Gasteiger partial charge in [-0.05, 0) is 48.9 Å². The van der Waals surface area contributed by atoms with Gasteiger partial charge in [0.05, 0.1) is 11.3 Å². The number of nitriles is 1. The van der Waals surface area contributed by atoms with E-state index in [0.29, 0.717) is 21.8 Å². The number of rotatable bonds is 2. The lowest BCUT2D eigenvalue weighted by Crippen LogP contribution is -2.13. The van der Waals surface area contributed by atoms with Gasteiger partial charge in [-0.25, -0.2) is 0 Å². The summed E-state index contributed by atoms with van der Waals surface area (Å²) in [5, 5.41) is 12.4. The number of anilines is 1. The first kappa shape index (κ1) is 14.6. The molecule has 20 heavy (non-hydrogen) atoms. The van der Waals surface area contributed by atoms with Crippen LogP contribution in [0.15, 0.2) is 40.9 Å². The number of nitrogens with zero attached hydrogens (tertiary/aromatic N) is 1. The summed E-state index contributed by atoms with van der Waals surface area (Å²) in [6.45, 7) is 1.83. The normalized spacial score (nSPS) is 9.90. The molecular weight excluding hydrogens is 340 g/mol. The lowest BCUT2D eigenvalue weighted by atomic mass is 10.1. The van der Waals surface area contributed by atoms with Crippen molar-refractivity contribution in [2.45, 2.75) is 6.92 Å². The summed E-state index contributed by atoms with van der Waals surface area (Å²) in [5.41, 5.74) is 2.21. The molecule has 5 heteroatoms. The highest BCUT2D eigenvalue weighted by Crippen LogP contribution is 2.22. The van der Waals surface area contributed by atoms with Crippen molar-refractivity contribution >= 4 is 39.1 Å². The van der Waals surface area contributed by atoms with Crippen LogP contribution in [0.2, 0.25) is 5.02 Å². The summed E-state index contributed by atoms with van der Waals surface area (Å²) >= 11 is 9.25. The van der Waals surface area contributed by atoms with Gasteiger partial charge in [-0.2, -0.15) is 5.26 Å². The van der Waals surface area contributed by atoms with E-state index in [1.807, 2.05) is 13.0 Å². The number of hydrogen-bond acceptors (Lipinski definition) is 2. The minimum Gasteiger partial charge on any atom is -0.321 e. The first-order chi connectivity index (χ1) is 9.51. The molecule has 0 spiro atoms. The van der Waals surface area contributed by atoms with Crippen molar-refractivity contribution in [2.75, 3.05) is 5.32 Å². The molecule has 2 aromatic rings. The van der Waals surface area contributed by atoms with Crippen LogP contribution in [0.5, 0.6) is 0 Å². The Hall–Kier alpha value is -1.83. The fourth-order valence-corrected chi connectivity index (χ4v) is 2.18. The van der Waals surface area contributed by atoms with Crippen LogP contribution in [0.4, 0.5) is 5.69 Å². The monoisotopic (exact) mass is 348 g/mol. The third-order valence-corrected chi connectivity index (χ3v) is 3.69. The lowest BCUT2D eigenvalue weighted by Gasteiger charge is -2.08.